The Morgan fingerprint density at radius 3 is 2.47 bits per heavy atom. The number of carbonyl (C=O) groups excluding carboxylic acids is 1. The molecule has 0 radical (unpaired) electrons. The molecule has 1 fully saturated rings. The van der Waals surface area contributed by atoms with Crippen molar-refractivity contribution < 1.29 is 18.8 Å². The smallest absolute Gasteiger partial charge is 0.442 e. The molecule has 1 saturated heterocycles. The Morgan fingerprint density at radius 1 is 1.10 bits per heavy atom. The van der Waals surface area contributed by atoms with Crippen molar-refractivity contribution in [3.05, 3.63) is 59.1 Å². The Hall–Kier alpha value is -3.59. The number of nitrogens with zero attached hydrogens (tertiary/aromatic N) is 3. The van der Waals surface area contributed by atoms with E-state index in [1.54, 1.807) is 31.4 Å². The molecule has 1 aromatic heterocycles. The fraction of sp³-hybridized carbons (Fsp3) is 0.286. The molecular weight excluding hydrogens is 388 g/mol. The Morgan fingerprint density at radius 2 is 1.80 bits per heavy atom. The van der Waals surface area contributed by atoms with E-state index in [2.05, 4.69) is 15.4 Å². The molecule has 0 spiro atoms. The summed E-state index contributed by atoms with van der Waals surface area (Å²) < 4.78 is 16.5. The van der Waals surface area contributed by atoms with Crippen LogP contribution in [0.2, 0.25) is 0 Å². The van der Waals surface area contributed by atoms with Crippen molar-refractivity contribution >= 4 is 17.3 Å². The Balaban J connectivity index is 1.44. The maximum absolute atomic E-state index is 12.5. The number of benzene rings is 2. The predicted octanol–water partition coefficient (Wildman–Crippen LogP) is 1.99. The summed E-state index contributed by atoms with van der Waals surface area (Å²) in [6, 6.07) is 14.6. The second-order valence-electron chi connectivity index (χ2n) is 6.78. The fourth-order valence-electron chi connectivity index (χ4n) is 3.28. The van der Waals surface area contributed by atoms with Crippen LogP contribution in [0.4, 0.5) is 11.4 Å². The van der Waals surface area contributed by atoms with Gasteiger partial charge in [0.2, 0.25) is 5.91 Å². The molecule has 1 aliphatic heterocycles. The summed E-state index contributed by atoms with van der Waals surface area (Å²) in [5, 5.41) is 6.61. The van der Waals surface area contributed by atoms with Crippen LogP contribution >= 0.6 is 0 Å². The monoisotopic (exact) mass is 410 g/mol. The molecule has 0 unspecified atom stereocenters. The summed E-state index contributed by atoms with van der Waals surface area (Å²) in [4.78, 5) is 26.8. The lowest BCUT2D eigenvalue weighted by molar-refractivity contribution is -0.116. The van der Waals surface area contributed by atoms with Crippen LogP contribution in [0.5, 0.6) is 5.75 Å². The highest BCUT2D eigenvalue weighted by molar-refractivity contribution is 5.91. The number of hydrogen-bond donors (Lipinski definition) is 1. The molecule has 9 nitrogen and oxygen atoms in total. The first-order valence-corrected chi connectivity index (χ1v) is 9.57. The van der Waals surface area contributed by atoms with Gasteiger partial charge in [-0.2, -0.15) is 0 Å². The van der Waals surface area contributed by atoms with Gasteiger partial charge in [-0.25, -0.2) is 9.36 Å². The van der Waals surface area contributed by atoms with E-state index in [0.717, 1.165) is 18.8 Å². The van der Waals surface area contributed by atoms with E-state index in [1.165, 1.54) is 4.57 Å². The number of morpholine rings is 1. The molecule has 0 bridgehead atoms. The number of anilines is 2. The van der Waals surface area contributed by atoms with Gasteiger partial charge in [0, 0.05) is 30.0 Å². The second kappa shape index (κ2) is 8.83. The molecule has 0 atom stereocenters. The van der Waals surface area contributed by atoms with Crippen LogP contribution in [0, 0.1) is 0 Å². The first-order chi connectivity index (χ1) is 14.6. The zero-order chi connectivity index (χ0) is 20.9. The second-order valence-corrected chi connectivity index (χ2v) is 6.78. The molecule has 9 heteroatoms. The minimum absolute atomic E-state index is 0.213. The topological polar surface area (TPSA) is 98.8 Å². The van der Waals surface area contributed by atoms with Gasteiger partial charge in [0.1, 0.15) is 12.3 Å². The van der Waals surface area contributed by atoms with Crippen LogP contribution in [-0.2, 0) is 16.1 Å². The van der Waals surface area contributed by atoms with E-state index in [0.29, 0.717) is 30.2 Å². The third-order valence-corrected chi connectivity index (χ3v) is 4.86. The number of aromatic nitrogens is 2. The molecule has 156 valence electrons. The molecule has 1 N–H and O–H groups in total. The maximum Gasteiger partial charge on any atom is 0.442 e. The fourth-order valence-corrected chi connectivity index (χ4v) is 3.28. The molecular formula is C21H22N4O5. The summed E-state index contributed by atoms with van der Waals surface area (Å²) in [6.45, 7) is 2.90. The van der Waals surface area contributed by atoms with E-state index in [9.17, 15) is 9.59 Å². The minimum atomic E-state index is -0.696. The normalized spacial score (nSPS) is 13.8. The minimum Gasteiger partial charge on any atom is -0.497 e. The van der Waals surface area contributed by atoms with E-state index >= 15 is 0 Å². The summed E-state index contributed by atoms with van der Waals surface area (Å²) >= 11 is 0. The molecule has 1 amide bonds. The maximum atomic E-state index is 12.5. The molecule has 2 aromatic carbocycles. The largest absolute Gasteiger partial charge is 0.497 e. The van der Waals surface area contributed by atoms with Crippen LogP contribution in [0.1, 0.15) is 0 Å². The molecule has 2 heterocycles. The third kappa shape index (κ3) is 4.36. The number of hydrogen-bond acceptors (Lipinski definition) is 7. The van der Waals surface area contributed by atoms with Crippen molar-refractivity contribution in [2.24, 2.45) is 0 Å². The molecule has 0 saturated carbocycles. The quantitative estimate of drug-likeness (QED) is 0.663. The van der Waals surface area contributed by atoms with Gasteiger partial charge in [-0.05, 0) is 48.5 Å². The highest BCUT2D eigenvalue weighted by atomic mass is 16.5. The first kappa shape index (κ1) is 19.7. The lowest BCUT2D eigenvalue weighted by Crippen LogP contribution is -2.36. The Kier molecular flexibility index (Phi) is 5.80. The van der Waals surface area contributed by atoms with Crippen molar-refractivity contribution in [2.75, 3.05) is 43.6 Å². The van der Waals surface area contributed by atoms with Gasteiger partial charge in [0.05, 0.1) is 20.3 Å². The molecule has 0 aliphatic carbocycles. The number of nitrogens with one attached hydrogen (secondary N) is 1. The lowest BCUT2D eigenvalue weighted by Gasteiger charge is -2.28. The summed E-state index contributed by atoms with van der Waals surface area (Å²) in [5.41, 5.74) is 2.37. The van der Waals surface area contributed by atoms with Crippen LogP contribution < -0.4 is 20.7 Å². The molecule has 1 aliphatic rings. The van der Waals surface area contributed by atoms with E-state index in [-0.39, 0.29) is 18.3 Å². The average molecular weight is 410 g/mol. The van der Waals surface area contributed by atoms with Crippen LogP contribution in [0.25, 0.3) is 11.4 Å². The van der Waals surface area contributed by atoms with Gasteiger partial charge in [-0.1, -0.05) is 5.16 Å². The van der Waals surface area contributed by atoms with Gasteiger partial charge in [0.25, 0.3) is 0 Å². The van der Waals surface area contributed by atoms with Gasteiger partial charge >= 0.3 is 5.76 Å². The van der Waals surface area contributed by atoms with E-state index < -0.39 is 5.76 Å². The predicted molar refractivity (Wildman–Crippen MR) is 111 cm³/mol. The van der Waals surface area contributed by atoms with Crippen LogP contribution in [0.3, 0.4) is 0 Å². The van der Waals surface area contributed by atoms with Crippen molar-refractivity contribution in [2.45, 2.75) is 6.54 Å². The van der Waals surface area contributed by atoms with Crippen LogP contribution in [-0.4, -0.2) is 49.0 Å². The van der Waals surface area contributed by atoms with Gasteiger partial charge < -0.3 is 19.7 Å². The van der Waals surface area contributed by atoms with Crippen LogP contribution in [0.15, 0.2) is 57.8 Å². The zero-order valence-electron chi connectivity index (χ0n) is 16.5. The first-order valence-electron chi connectivity index (χ1n) is 9.57. The highest BCUT2D eigenvalue weighted by Gasteiger charge is 2.16. The standard InChI is InChI=1S/C21H22N4O5/c1-28-18-8-2-15(3-9-18)20-23-30-21(27)25(20)14-19(26)22-16-4-6-17(7-5-16)24-10-12-29-13-11-24/h2-9H,10-14H2,1H3,(H,22,26). The summed E-state index contributed by atoms with van der Waals surface area (Å²) in [6.07, 6.45) is 0. The van der Waals surface area contributed by atoms with E-state index in [4.69, 9.17) is 14.0 Å². The number of carbonyl (C=O) groups is 1. The van der Waals surface area contributed by atoms with Crippen molar-refractivity contribution in [1.29, 1.82) is 0 Å². The lowest BCUT2D eigenvalue weighted by atomic mass is 10.2. The van der Waals surface area contributed by atoms with Crippen molar-refractivity contribution in [3.8, 4) is 17.1 Å². The number of amides is 1. The zero-order valence-corrected chi connectivity index (χ0v) is 16.5. The summed E-state index contributed by atoms with van der Waals surface area (Å²) in [5.74, 6) is -0.0947. The number of methoxy groups -OCH3 is 1. The SMILES string of the molecule is COc1ccc(-c2noc(=O)n2CC(=O)Nc2ccc(N3CCOCC3)cc2)cc1. The molecule has 4 rings (SSSR count). The van der Waals surface area contributed by atoms with Gasteiger partial charge in [-0.15, -0.1) is 0 Å². The van der Waals surface area contributed by atoms with Gasteiger partial charge in [-0.3, -0.25) is 9.32 Å². The van der Waals surface area contributed by atoms with Crippen molar-refractivity contribution in [3.63, 3.8) is 0 Å². The number of ether oxygens (including phenoxy) is 2. The summed E-state index contributed by atoms with van der Waals surface area (Å²) in [7, 11) is 1.57. The highest BCUT2D eigenvalue weighted by Crippen LogP contribution is 2.21. The third-order valence-electron chi connectivity index (χ3n) is 4.86. The Bertz CT molecular complexity index is 1050. The Labute approximate surface area is 172 Å². The van der Waals surface area contributed by atoms with Crippen molar-refractivity contribution in [1.82, 2.24) is 9.72 Å². The average Bonchev–Trinajstić information content (AvgIpc) is 3.15. The van der Waals surface area contributed by atoms with Gasteiger partial charge in [0.15, 0.2) is 5.82 Å². The van der Waals surface area contributed by atoms with E-state index in [1.807, 2.05) is 24.3 Å². The molecule has 3 aromatic rings. The number of rotatable bonds is 6. The molecule has 30 heavy (non-hydrogen) atoms.